The summed E-state index contributed by atoms with van der Waals surface area (Å²) in [4.78, 5) is 13.7. The minimum Gasteiger partial charge on any atom is -0.444 e. The van der Waals surface area contributed by atoms with Gasteiger partial charge in [0.1, 0.15) is 5.60 Å². The molecule has 4 nitrogen and oxygen atoms in total. The molecule has 1 heterocycles. The highest BCUT2D eigenvalue weighted by atomic mass is 16.6. The van der Waals surface area contributed by atoms with Crippen molar-refractivity contribution in [3.05, 3.63) is 0 Å². The van der Waals surface area contributed by atoms with Crippen molar-refractivity contribution >= 4 is 6.09 Å². The molecule has 4 heteroatoms. The fourth-order valence-electron chi connectivity index (χ4n) is 2.68. The Bertz CT molecular complexity index is 285. The van der Waals surface area contributed by atoms with Crippen LogP contribution in [0.25, 0.3) is 0 Å². The molecule has 1 saturated heterocycles. The van der Waals surface area contributed by atoms with E-state index in [2.05, 4.69) is 0 Å². The van der Waals surface area contributed by atoms with Crippen LogP contribution in [0.2, 0.25) is 0 Å². The van der Waals surface area contributed by atoms with Crippen LogP contribution < -0.4 is 5.73 Å². The number of hydrogen-bond acceptors (Lipinski definition) is 3. The van der Waals surface area contributed by atoms with Crippen molar-refractivity contribution in [1.29, 1.82) is 0 Å². The number of nitrogens with two attached hydrogens (primary N) is 1. The predicted octanol–water partition coefficient (Wildman–Crippen LogP) is 1.59. The maximum atomic E-state index is 11.8. The Kier molecular flexibility index (Phi) is 2.86. The van der Waals surface area contributed by atoms with Crippen molar-refractivity contribution in [3.8, 4) is 0 Å². The standard InChI is InChI=1S/C12H22N2O2/c1-12(2,3)16-11(15)14-5-4-9-8(7-14)6-10(9)13/h8-10H,4-7,13H2,1-3H3. The second kappa shape index (κ2) is 3.91. The summed E-state index contributed by atoms with van der Waals surface area (Å²) in [6, 6.07) is 0.366. The van der Waals surface area contributed by atoms with Crippen LogP contribution in [0.15, 0.2) is 0 Å². The number of carbonyl (C=O) groups is 1. The lowest BCUT2D eigenvalue weighted by molar-refractivity contribution is -0.0119. The zero-order chi connectivity index (χ0) is 11.9. The topological polar surface area (TPSA) is 55.6 Å². The van der Waals surface area contributed by atoms with E-state index in [1.807, 2.05) is 25.7 Å². The van der Waals surface area contributed by atoms with Crippen molar-refractivity contribution in [2.75, 3.05) is 13.1 Å². The molecule has 3 atom stereocenters. The van der Waals surface area contributed by atoms with Gasteiger partial charge in [0.25, 0.3) is 0 Å². The summed E-state index contributed by atoms with van der Waals surface area (Å²) < 4.78 is 5.37. The molecular weight excluding hydrogens is 204 g/mol. The lowest BCUT2D eigenvalue weighted by Crippen LogP contribution is -2.57. The van der Waals surface area contributed by atoms with E-state index < -0.39 is 5.60 Å². The average molecular weight is 226 g/mol. The Morgan fingerprint density at radius 2 is 2.12 bits per heavy atom. The van der Waals surface area contributed by atoms with Crippen molar-refractivity contribution in [2.24, 2.45) is 17.6 Å². The second-order valence-corrected chi connectivity index (χ2v) is 6.04. The molecular formula is C12H22N2O2. The molecule has 3 unspecified atom stereocenters. The molecule has 2 aliphatic rings. The van der Waals surface area contributed by atoms with Gasteiger partial charge in [0.15, 0.2) is 0 Å². The fourth-order valence-corrected chi connectivity index (χ4v) is 2.68. The molecule has 2 fully saturated rings. The van der Waals surface area contributed by atoms with Crippen LogP contribution in [0.3, 0.4) is 0 Å². The lowest BCUT2D eigenvalue weighted by atomic mass is 9.66. The van der Waals surface area contributed by atoms with Gasteiger partial charge in [-0.2, -0.15) is 0 Å². The summed E-state index contributed by atoms with van der Waals surface area (Å²) in [6.07, 6.45) is 1.92. The first-order valence-electron chi connectivity index (χ1n) is 6.10. The highest BCUT2D eigenvalue weighted by molar-refractivity contribution is 5.68. The Balaban J connectivity index is 1.86. The van der Waals surface area contributed by atoms with Gasteiger partial charge in [-0.25, -0.2) is 4.79 Å². The van der Waals surface area contributed by atoms with Crippen LogP contribution in [-0.4, -0.2) is 35.7 Å². The third-order valence-corrected chi connectivity index (χ3v) is 3.57. The van der Waals surface area contributed by atoms with E-state index in [-0.39, 0.29) is 6.09 Å². The third kappa shape index (κ3) is 2.32. The molecule has 2 N–H and O–H groups in total. The van der Waals surface area contributed by atoms with E-state index in [0.29, 0.717) is 17.9 Å². The van der Waals surface area contributed by atoms with E-state index in [0.717, 1.165) is 25.9 Å². The Morgan fingerprint density at radius 1 is 1.44 bits per heavy atom. The number of amides is 1. The van der Waals surface area contributed by atoms with Crippen LogP contribution in [0.1, 0.15) is 33.6 Å². The van der Waals surface area contributed by atoms with E-state index >= 15 is 0 Å². The quantitative estimate of drug-likeness (QED) is 0.682. The van der Waals surface area contributed by atoms with E-state index in [1.54, 1.807) is 0 Å². The number of likely N-dealkylation sites (tertiary alicyclic amines) is 1. The summed E-state index contributed by atoms with van der Waals surface area (Å²) in [7, 11) is 0. The van der Waals surface area contributed by atoms with Crippen molar-refractivity contribution in [3.63, 3.8) is 0 Å². The molecule has 16 heavy (non-hydrogen) atoms. The molecule has 0 aromatic rings. The summed E-state index contributed by atoms with van der Waals surface area (Å²) in [5.74, 6) is 1.25. The number of fused-ring (bicyclic) bond motifs is 1. The van der Waals surface area contributed by atoms with Crippen molar-refractivity contribution in [1.82, 2.24) is 4.90 Å². The molecule has 0 aromatic carbocycles. The van der Waals surface area contributed by atoms with E-state index in [4.69, 9.17) is 10.5 Å². The maximum Gasteiger partial charge on any atom is 0.410 e. The van der Waals surface area contributed by atoms with E-state index in [1.165, 1.54) is 0 Å². The smallest absolute Gasteiger partial charge is 0.410 e. The van der Waals surface area contributed by atoms with Gasteiger partial charge in [-0.05, 0) is 45.4 Å². The van der Waals surface area contributed by atoms with Crippen LogP contribution in [0, 0.1) is 11.8 Å². The molecule has 1 saturated carbocycles. The molecule has 0 bridgehead atoms. The van der Waals surface area contributed by atoms with Crippen LogP contribution in [-0.2, 0) is 4.74 Å². The Morgan fingerprint density at radius 3 is 2.62 bits per heavy atom. The van der Waals surface area contributed by atoms with E-state index in [9.17, 15) is 4.79 Å². The van der Waals surface area contributed by atoms with Gasteiger partial charge in [-0.3, -0.25) is 0 Å². The zero-order valence-corrected chi connectivity index (χ0v) is 10.4. The SMILES string of the molecule is CC(C)(C)OC(=O)N1CCC2C(N)CC2C1. The summed E-state index contributed by atoms with van der Waals surface area (Å²) in [5.41, 5.74) is 5.52. The van der Waals surface area contributed by atoms with Crippen LogP contribution in [0.5, 0.6) is 0 Å². The highest BCUT2D eigenvalue weighted by Crippen LogP contribution is 2.39. The molecule has 0 aromatic heterocycles. The molecule has 0 radical (unpaired) electrons. The highest BCUT2D eigenvalue weighted by Gasteiger charge is 2.43. The molecule has 2 rings (SSSR count). The van der Waals surface area contributed by atoms with Crippen molar-refractivity contribution < 1.29 is 9.53 Å². The first kappa shape index (κ1) is 11.7. The molecule has 1 aliphatic heterocycles. The summed E-state index contributed by atoms with van der Waals surface area (Å²) in [5, 5.41) is 0. The van der Waals surface area contributed by atoms with Gasteiger partial charge < -0.3 is 15.4 Å². The minimum atomic E-state index is -0.399. The maximum absolute atomic E-state index is 11.8. The largest absolute Gasteiger partial charge is 0.444 e. The molecule has 92 valence electrons. The minimum absolute atomic E-state index is 0.175. The van der Waals surface area contributed by atoms with Crippen molar-refractivity contribution in [2.45, 2.75) is 45.3 Å². The zero-order valence-electron chi connectivity index (χ0n) is 10.4. The van der Waals surface area contributed by atoms with Gasteiger partial charge in [0.05, 0.1) is 0 Å². The Labute approximate surface area is 97.1 Å². The number of piperidine rings is 1. The number of ether oxygens (including phenoxy) is 1. The second-order valence-electron chi connectivity index (χ2n) is 6.04. The number of nitrogens with zero attached hydrogens (tertiary/aromatic N) is 1. The monoisotopic (exact) mass is 226 g/mol. The van der Waals surface area contributed by atoms with Crippen LogP contribution >= 0.6 is 0 Å². The first-order valence-corrected chi connectivity index (χ1v) is 6.10. The third-order valence-electron chi connectivity index (χ3n) is 3.57. The number of hydrogen-bond donors (Lipinski definition) is 1. The van der Waals surface area contributed by atoms with Gasteiger partial charge in [0.2, 0.25) is 0 Å². The van der Waals surface area contributed by atoms with Gasteiger partial charge in [-0.15, -0.1) is 0 Å². The lowest BCUT2D eigenvalue weighted by Gasteiger charge is -2.49. The molecule has 0 spiro atoms. The summed E-state index contributed by atoms with van der Waals surface area (Å²) in [6.45, 7) is 7.32. The normalized spacial score (nSPS) is 34.0. The number of carbonyl (C=O) groups excluding carboxylic acids is 1. The Hall–Kier alpha value is -0.770. The van der Waals surface area contributed by atoms with Crippen LogP contribution in [0.4, 0.5) is 4.79 Å². The van der Waals surface area contributed by atoms with Gasteiger partial charge in [0, 0.05) is 19.1 Å². The first-order chi connectivity index (χ1) is 7.37. The number of rotatable bonds is 0. The van der Waals surface area contributed by atoms with Gasteiger partial charge in [-0.1, -0.05) is 0 Å². The van der Waals surface area contributed by atoms with Gasteiger partial charge >= 0.3 is 6.09 Å². The predicted molar refractivity (Wildman–Crippen MR) is 62.0 cm³/mol. The molecule has 1 aliphatic carbocycles. The molecule has 1 amide bonds. The summed E-state index contributed by atoms with van der Waals surface area (Å²) >= 11 is 0. The average Bonchev–Trinajstić information content (AvgIpc) is 2.12. The fraction of sp³-hybridized carbons (Fsp3) is 0.917.